The second kappa shape index (κ2) is 11.5. The van der Waals surface area contributed by atoms with Gasteiger partial charge in [0.05, 0.1) is 40.8 Å². The molecular formula is C27H31ClN6O4S. The van der Waals surface area contributed by atoms with Crippen molar-refractivity contribution >= 4 is 56.2 Å². The summed E-state index contributed by atoms with van der Waals surface area (Å²) >= 11 is 6.34. The number of nitrogens with one attached hydrogen (secondary N) is 3. The molecule has 2 atom stereocenters. The monoisotopic (exact) mass is 570 g/mol. The first-order valence-corrected chi connectivity index (χ1v) is 14.8. The highest BCUT2D eigenvalue weighted by atomic mass is 35.5. The van der Waals surface area contributed by atoms with E-state index in [1.54, 1.807) is 44.2 Å². The van der Waals surface area contributed by atoms with Crippen LogP contribution in [0, 0.1) is 0 Å². The zero-order valence-corrected chi connectivity index (χ0v) is 23.3. The number of nitrogens with zero attached hydrogens (tertiary/aromatic N) is 3. The third kappa shape index (κ3) is 6.50. The number of likely N-dealkylation sites (tertiary alicyclic amines) is 1. The van der Waals surface area contributed by atoms with Gasteiger partial charge in [-0.15, -0.1) is 0 Å². The molecule has 0 radical (unpaired) electrons. The number of halogens is 1. The fourth-order valence-corrected chi connectivity index (χ4v) is 6.09. The van der Waals surface area contributed by atoms with Crippen LogP contribution in [0.4, 0.5) is 28.8 Å². The summed E-state index contributed by atoms with van der Waals surface area (Å²) in [6.07, 6.45) is 4.01. The Morgan fingerprint density at radius 3 is 2.54 bits per heavy atom. The fourth-order valence-electron chi connectivity index (χ4n) is 4.75. The van der Waals surface area contributed by atoms with Crippen LogP contribution in [0.2, 0.25) is 5.02 Å². The number of hydrogen-bond donors (Lipinski definition) is 3. The van der Waals surface area contributed by atoms with Crippen molar-refractivity contribution in [1.29, 1.82) is 0 Å². The zero-order valence-electron chi connectivity index (χ0n) is 21.7. The highest BCUT2D eigenvalue weighted by molar-refractivity contribution is 7.92. The maximum Gasteiger partial charge on any atom is 0.238 e. The molecular weight excluding hydrogens is 540 g/mol. The van der Waals surface area contributed by atoms with Crippen LogP contribution in [0.3, 0.4) is 0 Å². The molecule has 39 heavy (non-hydrogen) atoms. The standard InChI is InChI=1S/C27H31ClN6O4S/c1-17(2)39(36,37)24-9-4-3-8-23(24)32-26-22(28)13-29-27(33-26)31-19-7-5-6-18(12-19)30-25(35)16-34-14-20-10-11-21(15-34)38-20/h3-9,12-13,17,20-21H,10-11,14-16H2,1-2H3,(H,30,35)(H2,29,31,32,33). The van der Waals surface area contributed by atoms with Crippen molar-refractivity contribution in [3.63, 3.8) is 0 Å². The molecule has 2 fully saturated rings. The van der Waals surface area contributed by atoms with Crippen molar-refractivity contribution in [3.8, 4) is 0 Å². The van der Waals surface area contributed by atoms with Crippen LogP contribution in [0.25, 0.3) is 0 Å². The second-order valence-corrected chi connectivity index (χ2v) is 12.9. The first kappa shape index (κ1) is 27.3. The molecule has 0 spiro atoms. The Morgan fingerprint density at radius 1 is 1.08 bits per heavy atom. The molecule has 3 aromatic rings. The SMILES string of the molecule is CC(C)S(=O)(=O)c1ccccc1Nc1nc(Nc2cccc(NC(=O)CN3CC4CCC(C3)O4)c2)ncc1Cl. The van der Waals surface area contributed by atoms with Crippen LogP contribution in [0.15, 0.2) is 59.6 Å². The third-order valence-corrected chi connectivity index (χ3v) is 9.19. The molecule has 1 amide bonds. The number of fused-ring (bicyclic) bond motifs is 2. The van der Waals surface area contributed by atoms with Gasteiger partial charge in [0, 0.05) is 24.5 Å². The average molecular weight is 571 g/mol. The second-order valence-electron chi connectivity index (χ2n) is 10.0. The van der Waals surface area contributed by atoms with Crippen LogP contribution in [-0.4, -0.2) is 66.3 Å². The lowest BCUT2D eigenvalue weighted by atomic mass is 10.2. The topological polar surface area (TPSA) is 126 Å². The Bertz CT molecular complexity index is 1460. The Balaban J connectivity index is 1.26. The van der Waals surface area contributed by atoms with Gasteiger partial charge < -0.3 is 20.7 Å². The molecule has 2 unspecified atom stereocenters. The van der Waals surface area contributed by atoms with Crippen molar-refractivity contribution in [2.75, 3.05) is 35.6 Å². The van der Waals surface area contributed by atoms with E-state index < -0.39 is 15.1 Å². The number of hydrogen-bond acceptors (Lipinski definition) is 9. The number of para-hydroxylation sites is 1. The molecule has 0 saturated carbocycles. The van der Waals surface area contributed by atoms with Gasteiger partial charge in [0.1, 0.15) is 5.02 Å². The largest absolute Gasteiger partial charge is 0.372 e. The molecule has 3 N–H and O–H groups in total. The number of morpholine rings is 1. The highest BCUT2D eigenvalue weighted by Crippen LogP contribution is 2.31. The molecule has 10 nitrogen and oxygen atoms in total. The van der Waals surface area contributed by atoms with Gasteiger partial charge in [-0.2, -0.15) is 4.98 Å². The predicted molar refractivity (Wildman–Crippen MR) is 152 cm³/mol. The summed E-state index contributed by atoms with van der Waals surface area (Å²) in [5.74, 6) is 0.417. The van der Waals surface area contributed by atoms with E-state index in [9.17, 15) is 13.2 Å². The van der Waals surface area contributed by atoms with Gasteiger partial charge in [0.25, 0.3) is 0 Å². The lowest BCUT2D eigenvalue weighted by molar-refractivity contribution is -0.119. The molecule has 2 aromatic carbocycles. The Morgan fingerprint density at radius 2 is 1.79 bits per heavy atom. The number of carbonyl (C=O) groups excluding carboxylic acids is 1. The van der Waals surface area contributed by atoms with Crippen LogP contribution in [0.1, 0.15) is 26.7 Å². The summed E-state index contributed by atoms with van der Waals surface area (Å²) in [6, 6.07) is 13.9. The molecule has 0 aliphatic carbocycles. The molecule has 2 saturated heterocycles. The summed E-state index contributed by atoms with van der Waals surface area (Å²) in [4.78, 5) is 23.7. The summed E-state index contributed by atoms with van der Waals surface area (Å²) < 4.78 is 31.5. The van der Waals surface area contributed by atoms with E-state index in [1.165, 1.54) is 6.20 Å². The Kier molecular flexibility index (Phi) is 8.03. The molecule has 206 valence electrons. The number of sulfone groups is 1. The van der Waals surface area contributed by atoms with Crippen molar-refractivity contribution in [2.24, 2.45) is 0 Å². The van der Waals surface area contributed by atoms with E-state index in [0.717, 1.165) is 25.9 Å². The summed E-state index contributed by atoms with van der Waals surface area (Å²) in [5, 5.41) is 8.76. The number of anilines is 5. The van der Waals surface area contributed by atoms with E-state index in [2.05, 4.69) is 30.8 Å². The molecule has 3 heterocycles. The fraction of sp³-hybridized carbons (Fsp3) is 0.370. The number of aromatic nitrogens is 2. The highest BCUT2D eigenvalue weighted by Gasteiger charge is 2.34. The number of rotatable bonds is 9. The molecule has 2 aliphatic heterocycles. The minimum atomic E-state index is -3.53. The Labute approximate surface area is 233 Å². The van der Waals surface area contributed by atoms with E-state index in [0.29, 0.717) is 23.6 Å². The minimum absolute atomic E-state index is 0.0855. The van der Waals surface area contributed by atoms with Gasteiger partial charge in [-0.1, -0.05) is 29.8 Å². The number of benzene rings is 2. The summed E-state index contributed by atoms with van der Waals surface area (Å²) in [7, 11) is -3.53. The molecule has 5 rings (SSSR count). The smallest absolute Gasteiger partial charge is 0.238 e. The van der Waals surface area contributed by atoms with E-state index in [4.69, 9.17) is 16.3 Å². The lowest BCUT2D eigenvalue weighted by Gasteiger charge is -2.31. The quantitative estimate of drug-likeness (QED) is 0.338. The van der Waals surface area contributed by atoms with E-state index in [-0.39, 0.29) is 39.8 Å². The van der Waals surface area contributed by atoms with E-state index in [1.807, 2.05) is 18.2 Å². The first-order chi connectivity index (χ1) is 18.7. The number of amides is 1. The van der Waals surface area contributed by atoms with Crippen molar-refractivity contribution in [1.82, 2.24) is 14.9 Å². The minimum Gasteiger partial charge on any atom is -0.372 e. The zero-order chi connectivity index (χ0) is 27.6. The maximum absolute atomic E-state index is 12.8. The van der Waals surface area contributed by atoms with Crippen LogP contribution < -0.4 is 16.0 Å². The van der Waals surface area contributed by atoms with Gasteiger partial charge in [-0.25, -0.2) is 13.4 Å². The van der Waals surface area contributed by atoms with Gasteiger partial charge in [-0.3, -0.25) is 9.69 Å². The summed E-state index contributed by atoms with van der Waals surface area (Å²) in [6.45, 7) is 5.15. The van der Waals surface area contributed by atoms with Crippen molar-refractivity contribution in [2.45, 2.75) is 49.0 Å². The van der Waals surface area contributed by atoms with Gasteiger partial charge in [0.2, 0.25) is 11.9 Å². The van der Waals surface area contributed by atoms with Gasteiger partial charge in [0.15, 0.2) is 15.7 Å². The Hall–Kier alpha value is -3.25. The molecule has 2 bridgehead atoms. The number of ether oxygens (including phenoxy) is 1. The van der Waals surface area contributed by atoms with Crippen LogP contribution in [-0.2, 0) is 19.4 Å². The average Bonchev–Trinajstić information content (AvgIpc) is 3.24. The van der Waals surface area contributed by atoms with E-state index >= 15 is 0 Å². The molecule has 1 aromatic heterocycles. The predicted octanol–water partition coefficient (Wildman–Crippen LogP) is 4.60. The molecule has 2 aliphatic rings. The lowest BCUT2D eigenvalue weighted by Crippen LogP contribution is -2.45. The molecule has 12 heteroatoms. The maximum atomic E-state index is 12.8. The van der Waals surface area contributed by atoms with Crippen LogP contribution in [0.5, 0.6) is 0 Å². The van der Waals surface area contributed by atoms with Gasteiger partial charge in [-0.05, 0) is 57.0 Å². The van der Waals surface area contributed by atoms with Crippen molar-refractivity contribution < 1.29 is 17.9 Å². The van der Waals surface area contributed by atoms with Crippen molar-refractivity contribution in [3.05, 3.63) is 59.8 Å². The van der Waals surface area contributed by atoms with Crippen LogP contribution >= 0.6 is 11.6 Å². The summed E-state index contributed by atoms with van der Waals surface area (Å²) in [5.41, 5.74) is 1.67. The number of carbonyl (C=O) groups is 1. The first-order valence-electron chi connectivity index (χ1n) is 12.8. The normalized spacial score (nSPS) is 19.2. The van der Waals surface area contributed by atoms with Gasteiger partial charge >= 0.3 is 0 Å². The third-order valence-electron chi connectivity index (χ3n) is 6.70.